The number of nitrogens with zero attached hydrogens (tertiary/aromatic N) is 3. The van der Waals surface area contributed by atoms with Gasteiger partial charge in [0, 0.05) is 16.1 Å². The Hall–Kier alpha value is -4.91. The highest BCUT2D eigenvalue weighted by Gasteiger charge is 2.37. The largest absolute Gasteiger partial charge is 0.449 e. The lowest BCUT2D eigenvalue weighted by atomic mass is 10.1. The van der Waals surface area contributed by atoms with Gasteiger partial charge in [-0.1, -0.05) is 34.1 Å². The van der Waals surface area contributed by atoms with Crippen molar-refractivity contribution in [2.75, 3.05) is 4.90 Å². The molecule has 0 unspecified atom stereocenters. The van der Waals surface area contributed by atoms with Crippen LogP contribution in [0.1, 0.15) is 5.56 Å². The monoisotopic (exact) mass is 552 g/mol. The van der Waals surface area contributed by atoms with Crippen LogP contribution in [0, 0.1) is 20.2 Å². The molecule has 0 saturated carbocycles. The Bertz CT molecular complexity index is 1470. The van der Waals surface area contributed by atoms with Gasteiger partial charge in [-0.15, -0.1) is 0 Å². The van der Waals surface area contributed by atoms with Crippen LogP contribution in [-0.4, -0.2) is 27.7 Å². The van der Waals surface area contributed by atoms with Crippen molar-refractivity contribution in [2.24, 2.45) is 0 Å². The van der Waals surface area contributed by atoms with E-state index >= 15 is 0 Å². The maximum absolute atomic E-state index is 13.1. The first kappa shape index (κ1) is 24.2. The molecule has 0 radical (unpaired) electrons. The van der Waals surface area contributed by atoms with Gasteiger partial charge >= 0.3 is 11.7 Å². The molecule has 1 aliphatic heterocycles. The molecule has 4 rings (SSSR count). The number of urea groups is 1. The van der Waals surface area contributed by atoms with E-state index < -0.39 is 39.1 Å². The second-order valence-electron chi connectivity index (χ2n) is 7.24. The third-order valence-corrected chi connectivity index (χ3v) is 5.50. The molecule has 0 atom stereocenters. The van der Waals surface area contributed by atoms with E-state index in [4.69, 9.17) is 4.74 Å². The Morgan fingerprint density at radius 3 is 2.25 bits per heavy atom. The van der Waals surface area contributed by atoms with E-state index in [1.807, 2.05) is 0 Å². The molecule has 1 fully saturated rings. The van der Waals surface area contributed by atoms with E-state index in [1.165, 1.54) is 30.3 Å². The second-order valence-corrected chi connectivity index (χ2v) is 8.16. The number of hydrogen-bond donors (Lipinski definition) is 1. The molecule has 0 spiro atoms. The fourth-order valence-electron chi connectivity index (χ4n) is 3.30. The second kappa shape index (κ2) is 9.76. The zero-order chi connectivity index (χ0) is 26.0. The molecule has 3 aromatic rings. The Morgan fingerprint density at radius 2 is 1.58 bits per heavy atom. The molecule has 180 valence electrons. The average Bonchev–Trinajstić information content (AvgIpc) is 2.83. The Labute approximate surface area is 210 Å². The minimum Gasteiger partial charge on any atom is -0.449 e. The van der Waals surface area contributed by atoms with Crippen molar-refractivity contribution < 1.29 is 29.0 Å². The predicted octanol–water partition coefficient (Wildman–Crippen LogP) is 4.72. The van der Waals surface area contributed by atoms with Gasteiger partial charge in [0.1, 0.15) is 11.3 Å². The summed E-state index contributed by atoms with van der Waals surface area (Å²) in [7, 11) is 0. The summed E-state index contributed by atoms with van der Waals surface area (Å²) in [6.45, 7) is 0. The van der Waals surface area contributed by atoms with Crippen molar-refractivity contribution in [1.82, 2.24) is 5.32 Å². The number of non-ortho nitro benzene ring substituents is 1. The first-order chi connectivity index (χ1) is 17.2. The predicted molar refractivity (Wildman–Crippen MR) is 129 cm³/mol. The number of anilines is 1. The summed E-state index contributed by atoms with van der Waals surface area (Å²) in [4.78, 5) is 59.6. The summed E-state index contributed by atoms with van der Waals surface area (Å²) in [5.74, 6) is -2.09. The first-order valence-corrected chi connectivity index (χ1v) is 10.8. The summed E-state index contributed by atoms with van der Waals surface area (Å²) >= 11 is 3.27. The van der Waals surface area contributed by atoms with Crippen molar-refractivity contribution in [3.63, 3.8) is 0 Å². The van der Waals surface area contributed by atoms with Gasteiger partial charge in [0.25, 0.3) is 17.5 Å². The number of nitrogens with one attached hydrogen (secondary N) is 1. The molecule has 13 heteroatoms. The molecule has 4 amide bonds. The molecule has 3 aromatic carbocycles. The zero-order valence-corrected chi connectivity index (χ0v) is 19.5. The molecule has 0 aromatic heterocycles. The molecule has 36 heavy (non-hydrogen) atoms. The minimum atomic E-state index is -0.936. The smallest absolute Gasteiger partial charge is 0.335 e. The summed E-state index contributed by atoms with van der Waals surface area (Å²) in [5, 5.41) is 24.5. The number of nitro benzene ring substituents is 2. The molecule has 1 aliphatic rings. The van der Waals surface area contributed by atoms with E-state index in [0.717, 1.165) is 27.6 Å². The van der Waals surface area contributed by atoms with E-state index in [0.29, 0.717) is 0 Å². The van der Waals surface area contributed by atoms with Crippen LogP contribution in [0.3, 0.4) is 0 Å². The maximum Gasteiger partial charge on any atom is 0.335 e. The van der Waals surface area contributed by atoms with Crippen molar-refractivity contribution in [1.29, 1.82) is 0 Å². The third-order valence-electron chi connectivity index (χ3n) is 4.98. The topological polar surface area (TPSA) is 162 Å². The molecular weight excluding hydrogens is 540 g/mol. The number of carbonyl (C=O) groups is 3. The van der Waals surface area contributed by atoms with Crippen LogP contribution in [0.4, 0.5) is 21.9 Å². The SMILES string of the molecule is O=C1NC(=O)N(c2ccc(Br)cc2)C(=O)/C1=C/c1ccccc1Oc1ccc([N+](=O)[O-])cc1[N+](=O)[O-]. The number of para-hydroxylation sites is 1. The highest BCUT2D eigenvalue weighted by Crippen LogP contribution is 2.36. The highest BCUT2D eigenvalue weighted by molar-refractivity contribution is 9.10. The fourth-order valence-corrected chi connectivity index (χ4v) is 3.56. The molecule has 0 bridgehead atoms. The molecular formula is C23H13BrN4O8. The molecule has 12 nitrogen and oxygen atoms in total. The Kier molecular flexibility index (Phi) is 6.56. The summed E-state index contributed by atoms with van der Waals surface area (Å²) in [6.07, 6.45) is 1.18. The molecule has 1 heterocycles. The third kappa shape index (κ3) is 4.81. The maximum atomic E-state index is 13.1. The molecule has 0 aliphatic carbocycles. The molecule has 1 saturated heterocycles. The first-order valence-electron chi connectivity index (χ1n) is 10.0. The lowest BCUT2D eigenvalue weighted by molar-refractivity contribution is -0.394. The lowest BCUT2D eigenvalue weighted by Crippen LogP contribution is -2.54. The Morgan fingerprint density at radius 1 is 0.889 bits per heavy atom. The van der Waals surface area contributed by atoms with E-state index in [9.17, 15) is 34.6 Å². The van der Waals surface area contributed by atoms with E-state index in [2.05, 4.69) is 21.2 Å². The van der Waals surface area contributed by atoms with Crippen LogP contribution < -0.4 is 15.0 Å². The standard InChI is InChI=1S/C23H13BrN4O8/c24-14-5-7-15(8-6-14)26-22(30)17(21(29)25-23(26)31)11-13-3-1-2-4-19(13)36-20-10-9-16(27(32)33)12-18(20)28(34)35/h1-12H,(H,25,29,31)/b17-11+. The van der Waals surface area contributed by atoms with Gasteiger partial charge in [-0.05, 0) is 42.5 Å². The quantitative estimate of drug-likeness (QED) is 0.198. The van der Waals surface area contributed by atoms with Crippen LogP contribution in [0.2, 0.25) is 0 Å². The number of rotatable bonds is 6. The van der Waals surface area contributed by atoms with Gasteiger partial charge in [0.05, 0.1) is 21.6 Å². The number of barbiturate groups is 1. The van der Waals surface area contributed by atoms with Crippen molar-refractivity contribution in [3.8, 4) is 11.5 Å². The highest BCUT2D eigenvalue weighted by atomic mass is 79.9. The molecule has 1 N–H and O–H groups in total. The van der Waals surface area contributed by atoms with Crippen LogP contribution in [-0.2, 0) is 9.59 Å². The average molecular weight is 553 g/mol. The van der Waals surface area contributed by atoms with Crippen LogP contribution in [0.5, 0.6) is 11.5 Å². The number of carbonyl (C=O) groups excluding carboxylic acids is 3. The Balaban J connectivity index is 1.73. The number of ether oxygens (including phenoxy) is 1. The zero-order valence-electron chi connectivity index (χ0n) is 17.9. The van der Waals surface area contributed by atoms with Gasteiger partial charge in [0.15, 0.2) is 0 Å². The van der Waals surface area contributed by atoms with Gasteiger partial charge in [-0.3, -0.25) is 35.1 Å². The number of amides is 4. The van der Waals surface area contributed by atoms with Gasteiger partial charge in [-0.25, -0.2) is 9.69 Å². The van der Waals surface area contributed by atoms with Crippen LogP contribution >= 0.6 is 15.9 Å². The van der Waals surface area contributed by atoms with Crippen molar-refractivity contribution in [3.05, 3.63) is 103 Å². The van der Waals surface area contributed by atoms with Crippen LogP contribution in [0.25, 0.3) is 6.08 Å². The summed E-state index contributed by atoms with van der Waals surface area (Å²) in [6, 6.07) is 14.3. The van der Waals surface area contributed by atoms with E-state index in [1.54, 1.807) is 24.3 Å². The van der Waals surface area contributed by atoms with E-state index in [-0.39, 0.29) is 28.3 Å². The number of imide groups is 2. The summed E-state index contributed by atoms with van der Waals surface area (Å²) < 4.78 is 6.37. The van der Waals surface area contributed by atoms with Gasteiger partial charge < -0.3 is 4.74 Å². The minimum absolute atomic E-state index is 0.0228. The number of benzene rings is 3. The number of hydrogen-bond acceptors (Lipinski definition) is 8. The number of halogens is 1. The lowest BCUT2D eigenvalue weighted by Gasteiger charge is -2.26. The summed E-state index contributed by atoms with van der Waals surface area (Å²) in [5.41, 5.74) is -1.11. The normalized spacial score (nSPS) is 14.5. The van der Waals surface area contributed by atoms with Gasteiger partial charge in [0.2, 0.25) is 5.75 Å². The van der Waals surface area contributed by atoms with Crippen LogP contribution in [0.15, 0.2) is 76.8 Å². The van der Waals surface area contributed by atoms with Crippen molar-refractivity contribution in [2.45, 2.75) is 0 Å². The fraction of sp³-hybridized carbons (Fsp3) is 0. The number of nitro groups is 2. The van der Waals surface area contributed by atoms with Gasteiger partial charge in [-0.2, -0.15) is 0 Å². The van der Waals surface area contributed by atoms with Crippen molar-refractivity contribution >= 4 is 56.9 Å².